The zero-order valence-corrected chi connectivity index (χ0v) is 14.7. The molecule has 1 atom stereocenters. The number of halogens is 1. The quantitative estimate of drug-likeness (QED) is 0.659. The lowest BCUT2D eigenvalue weighted by molar-refractivity contribution is 0.241. The lowest BCUT2D eigenvalue weighted by Gasteiger charge is -2.21. The van der Waals surface area contributed by atoms with Crippen molar-refractivity contribution >= 4 is 28.6 Å². The summed E-state index contributed by atoms with van der Waals surface area (Å²) in [6.45, 7) is 5.78. The zero-order valence-electron chi connectivity index (χ0n) is 14.7. The molecule has 3 rings (SSSR count). The minimum Gasteiger partial charge on any atom is -0.459 e. The van der Waals surface area contributed by atoms with Crippen molar-refractivity contribution in [1.82, 2.24) is 15.3 Å². The molecule has 2 aromatic heterocycles. The third-order valence-corrected chi connectivity index (χ3v) is 4.10. The first-order valence-corrected chi connectivity index (χ1v) is 8.18. The molecule has 8 heteroatoms. The van der Waals surface area contributed by atoms with Crippen molar-refractivity contribution in [2.24, 2.45) is 5.92 Å². The Labute approximate surface area is 149 Å². The Morgan fingerprint density at radius 1 is 1.27 bits per heavy atom. The van der Waals surface area contributed by atoms with E-state index in [9.17, 15) is 9.18 Å². The number of fused-ring (bicyclic) bond motifs is 1. The Kier molecular flexibility index (Phi) is 4.75. The lowest BCUT2D eigenvalue weighted by atomic mass is 9.98. The van der Waals surface area contributed by atoms with Gasteiger partial charge in [-0.1, -0.05) is 13.8 Å². The Balaban J connectivity index is 1.84. The monoisotopic (exact) mass is 357 g/mol. The Morgan fingerprint density at radius 3 is 2.62 bits per heavy atom. The number of nitrogens with zero attached hydrogens (tertiary/aromatic N) is 2. The number of nitrogens with one attached hydrogen (secondary N) is 2. The molecule has 0 aliphatic heterocycles. The van der Waals surface area contributed by atoms with Gasteiger partial charge in [-0.05, 0) is 31.0 Å². The van der Waals surface area contributed by atoms with Gasteiger partial charge in [0.15, 0.2) is 0 Å². The maximum atomic E-state index is 13.5. The molecule has 0 unspecified atom stereocenters. The molecule has 0 saturated carbocycles. The first-order valence-electron chi connectivity index (χ1n) is 8.18. The van der Waals surface area contributed by atoms with Crippen LogP contribution in [0.2, 0.25) is 0 Å². The van der Waals surface area contributed by atoms with Crippen LogP contribution in [0.5, 0.6) is 0 Å². The average Bonchev–Trinajstić information content (AvgIpc) is 2.91. The van der Waals surface area contributed by atoms with Crippen LogP contribution in [0.4, 0.5) is 20.8 Å². The topological polar surface area (TPSA) is 106 Å². The highest BCUT2D eigenvalue weighted by molar-refractivity contribution is 5.89. The molecule has 2 amide bonds. The minimum absolute atomic E-state index is 0.0486. The summed E-state index contributed by atoms with van der Waals surface area (Å²) in [6, 6.07) is 3.55. The van der Waals surface area contributed by atoms with Crippen LogP contribution in [-0.4, -0.2) is 16.0 Å². The zero-order chi connectivity index (χ0) is 18.8. The molecule has 4 N–H and O–H groups in total. The SMILES string of the molecule is Cc1c([C@@H](NC(=O)Nc2cnc(N)nc2)C(C)C)oc2ccc(F)cc12. The number of amides is 2. The highest BCUT2D eigenvalue weighted by Gasteiger charge is 2.25. The summed E-state index contributed by atoms with van der Waals surface area (Å²) in [5, 5.41) is 6.24. The van der Waals surface area contributed by atoms with E-state index in [1.54, 1.807) is 6.07 Å². The predicted octanol–water partition coefficient (Wildman–Crippen LogP) is 3.77. The van der Waals surface area contributed by atoms with Gasteiger partial charge in [-0.2, -0.15) is 0 Å². The number of hydrogen-bond donors (Lipinski definition) is 3. The molecule has 0 saturated heterocycles. The van der Waals surface area contributed by atoms with Gasteiger partial charge in [0.1, 0.15) is 17.2 Å². The van der Waals surface area contributed by atoms with Crippen molar-refractivity contribution in [2.45, 2.75) is 26.8 Å². The second kappa shape index (κ2) is 6.99. The Hall–Kier alpha value is -3.16. The van der Waals surface area contributed by atoms with Gasteiger partial charge < -0.3 is 20.8 Å². The smallest absolute Gasteiger partial charge is 0.319 e. The van der Waals surface area contributed by atoms with E-state index < -0.39 is 6.03 Å². The Bertz CT molecular complexity index is 937. The molecule has 0 fully saturated rings. The largest absolute Gasteiger partial charge is 0.459 e. The molecule has 0 aliphatic carbocycles. The molecule has 2 heterocycles. The fraction of sp³-hybridized carbons (Fsp3) is 0.278. The second-order valence-electron chi connectivity index (χ2n) is 6.38. The third-order valence-electron chi connectivity index (χ3n) is 4.10. The summed E-state index contributed by atoms with van der Waals surface area (Å²) in [6.07, 6.45) is 2.84. The summed E-state index contributed by atoms with van der Waals surface area (Å²) >= 11 is 0. The van der Waals surface area contributed by atoms with Crippen molar-refractivity contribution in [3.63, 3.8) is 0 Å². The maximum absolute atomic E-state index is 13.5. The number of carbonyl (C=O) groups is 1. The number of furan rings is 1. The highest BCUT2D eigenvalue weighted by Crippen LogP contribution is 2.33. The summed E-state index contributed by atoms with van der Waals surface area (Å²) in [5.41, 5.74) is 7.23. The number of urea groups is 1. The van der Waals surface area contributed by atoms with E-state index in [1.807, 2.05) is 20.8 Å². The molecule has 0 spiro atoms. The number of aromatic nitrogens is 2. The molecule has 0 aliphatic rings. The highest BCUT2D eigenvalue weighted by atomic mass is 19.1. The van der Waals surface area contributed by atoms with Crippen LogP contribution in [0.3, 0.4) is 0 Å². The van der Waals surface area contributed by atoms with Crippen LogP contribution in [0, 0.1) is 18.7 Å². The molecular weight excluding hydrogens is 337 g/mol. The molecule has 3 aromatic rings. The van der Waals surface area contributed by atoms with Gasteiger partial charge in [0.05, 0.1) is 24.1 Å². The van der Waals surface area contributed by atoms with Gasteiger partial charge in [0.2, 0.25) is 5.95 Å². The number of rotatable bonds is 4. The van der Waals surface area contributed by atoms with Gasteiger partial charge in [-0.15, -0.1) is 0 Å². The number of nitrogens with two attached hydrogens (primary N) is 1. The van der Waals surface area contributed by atoms with E-state index in [2.05, 4.69) is 20.6 Å². The van der Waals surface area contributed by atoms with Crippen molar-refractivity contribution in [3.05, 3.63) is 47.7 Å². The van der Waals surface area contributed by atoms with Gasteiger partial charge in [0.25, 0.3) is 0 Å². The second-order valence-corrected chi connectivity index (χ2v) is 6.38. The standard InChI is InChI=1S/C18H20FN5O2/c1-9(2)15(24-18(25)23-12-7-21-17(20)22-8-12)16-10(3)13-6-11(19)4-5-14(13)26-16/h4-9,15H,1-3H3,(H2,20,21,22)(H2,23,24,25)/t15-/m0/s1. The first kappa shape index (κ1) is 17.7. The minimum atomic E-state index is -0.428. The van der Waals surface area contributed by atoms with Crippen molar-refractivity contribution in [3.8, 4) is 0 Å². The van der Waals surface area contributed by atoms with E-state index >= 15 is 0 Å². The number of anilines is 2. The molecule has 0 radical (unpaired) electrons. The number of nitrogen functional groups attached to an aromatic ring is 1. The normalized spacial score (nSPS) is 12.3. The van der Waals surface area contributed by atoms with E-state index in [1.165, 1.54) is 24.5 Å². The van der Waals surface area contributed by atoms with Crippen molar-refractivity contribution < 1.29 is 13.6 Å². The molecule has 136 valence electrons. The van der Waals surface area contributed by atoms with Crippen LogP contribution in [-0.2, 0) is 0 Å². The van der Waals surface area contributed by atoms with Gasteiger partial charge in [-0.3, -0.25) is 0 Å². The van der Waals surface area contributed by atoms with Crippen LogP contribution >= 0.6 is 0 Å². The summed E-state index contributed by atoms with van der Waals surface area (Å²) in [4.78, 5) is 20.0. The summed E-state index contributed by atoms with van der Waals surface area (Å²) in [7, 11) is 0. The number of aryl methyl sites for hydroxylation is 1. The molecule has 0 bridgehead atoms. The Morgan fingerprint density at radius 2 is 1.96 bits per heavy atom. The van der Waals surface area contributed by atoms with E-state index in [0.717, 1.165) is 5.56 Å². The molecular formula is C18H20FN5O2. The molecule has 7 nitrogen and oxygen atoms in total. The van der Waals surface area contributed by atoms with Crippen molar-refractivity contribution in [2.75, 3.05) is 11.1 Å². The maximum Gasteiger partial charge on any atom is 0.319 e. The van der Waals surface area contributed by atoms with E-state index in [-0.39, 0.29) is 23.7 Å². The number of carbonyl (C=O) groups excluding carboxylic acids is 1. The first-order chi connectivity index (χ1) is 12.3. The van der Waals surface area contributed by atoms with Crippen LogP contribution in [0.15, 0.2) is 35.0 Å². The van der Waals surface area contributed by atoms with Crippen LogP contribution < -0.4 is 16.4 Å². The van der Waals surface area contributed by atoms with Gasteiger partial charge in [0, 0.05) is 10.9 Å². The average molecular weight is 357 g/mol. The molecule has 1 aromatic carbocycles. The fourth-order valence-corrected chi connectivity index (χ4v) is 2.75. The van der Waals surface area contributed by atoms with Crippen molar-refractivity contribution in [1.29, 1.82) is 0 Å². The van der Waals surface area contributed by atoms with Gasteiger partial charge >= 0.3 is 6.03 Å². The van der Waals surface area contributed by atoms with Gasteiger partial charge in [-0.25, -0.2) is 19.2 Å². The predicted molar refractivity (Wildman–Crippen MR) is 97.1 cm³/mol. The third kappa shape index (κ3) is 3.58. The number of benzene rings is 1. The fourth-order valence-electron chi connectivity index (χ4n) is 2.75. The number of hydrogen-bond acceptors (Lipinski definition) is 5. The van der Waals surface area contributed by atoms with Crippen LogP contribution in [0.1, 0.15) is 31.2 Å². The lowest BCUT2D eigenvalue weighted by Crippen LogP contribution is -2.35. The summed E-state index contributed by atoms with van der Waals surface area (Å²) in [5.74, 6) is 0.445. The van der Waals surface area contributed by atoms with Crippen LogP contribution in [0.25, 0.3) is 11.0 Å². The summed E-state index contributed by atoms with van der Waals surface area (Å²) < 4.78 is 19.4. The molecule has 26 heavy (non-hydrogen) atoms. The van der Waals surface area contributed by atoms with E-state index in [0.29, 0.717) is 22.4 Å². The van der Waals surface area contributed by atoms with E-state index in [4.69, 9.17) is 10.2 Å².